The molecule has 1 aliphatic rings. The molecule has 2 aromatic carbocycles. The number of hydrogen-bond donors (Lipinski definition) is 1. The molecule has 0 unspecified atom stereocenters. The second-order valence-electron chi connectivity index (χ2n) is 6.76. The van der Waals surface area contributed by atoms with Gasteiger partial charge in [-0.15, -0.1) is 0 Å². The largest absolute Gasteiger partial charge is 0.312 e. The molecule has 5 nitrogen and oxygen atoms in total. The Kier molecular flexibility index (Phi) is 5.51. The van der Waals surface area contributed by atoms with E-state index in [-0.39, 0.29) is 18.2 Å². The summed E-state index contributed by atoms with van der Waals surface area (Å²) in [6, 6.07) is 12.5. The molecule has 29 heavy (non-hydrogen) atoms. The zero-order valence-corrected chi connectivity index (χ0v) is 17.0. The van der Waals surface area contributed by atoms with E-state index in [1.165, 1.54) is 11.3 Å². The van der Waals surface area contributed by atoms with E-state index in [9.17, 15) is 18.4 Å². The molecule has 2 amide bonds. The quantitative estimate of drug-likeness (QED) is 0.581. The lowest BCUT2D eigenvalue weighted by Crippen LogP contribution is -2.28. The van der Waals surface area contributed by atoms with Gasteiger partial charge in [-0.25, -0.2) is 4.98 Å². The average Bonchev–Trinajstić information content (AvgIpc) is 3.24. The molecular weight excluding hydrogens is 416 g/mol. The fourth-order valence-corrected chi connectivity index (χ4v) is 4.72. The lowest BCUT2D eigenvalue weighted by Gasteiger charge is -2.16. The third-order valence-electron chi connectivity index (χ3n) is 4.66. The summed E-state index contributed by atoms with van der Waals surface area (Å²) in [4.78, 5) is 31.4. The lowest BCUT2D eigenvalue weighted by atomic mass is 10.1. The number of carbonyl (C=O) groups is 2. The molecule has 9 heteroatoms. The fourth-order valence-electron chi connectivity index (χ4n) is 3.20. The Morgan fingerprint density at radius 1 is 1.28 bits per heavy atom. The zero-order valence-electron chi connectivity index (χ0n) is 15.4. The van der Waals surface area contributed by atoms with Crippen LogP contribution in [0.2, 0.25) is 0 Å². The number of amides is 2. The Bertz CT molecular complexity index is 1070. The van der Waals surface area contributed by atoms with Gasteiger partial charge in [-0.2, -0.15) is 8.78 Å². The van der Waals surface area contributed by atoms with Crippen LogP contribution in [-0.2, 0) is 9.59 Å². The van der Waals surface area contributed by atoms with Crippen molar-refractivity contribution in [3.8, 4) is 0 Å². The van der Waals surface area contributed by atoms with Crippen molar-refractivity contribution in [1.29, 1.82) is 0 Å². The van der Waals surface area contributed by atoms with Crippen LogP contribution >= 0.6 is 23.1 Å². The molecule has 4 rings (SSSR count). The van der Waals surface area contributed by atoms with Crippen LogP contribution in [0.15, 0.2) is 47.4 Å². The molecule has 1 N–H and O–H groups in total. The van der Waals surface area contributed by atoms with E-state index >= 15 is 0 Å². The number of carbonyl (C=O) groups excluding carboxylic acids is 2. The van der Waals surface area contributed by atoms with E-state index in [1.54, 1.807) is 23.1 Å². The van der Waals surface area contributed by atoms with Crippen LogP contribution in [0, 0.1) is 12.8 Å². The summed E-state index contributed by atoms with van der Waals surface area (Å²) in [6.45, 7) is 2.28. The molecule has 3 aromatic rings. The van der Waals surface area contributed by atoms with Gasteiger partial charge in [0.05, 0.1) is 16.1 Å². The SMILES string of the molecule is Cc1ccc(N2C[C@H](C(=O)Nc3nc4ccc(SC(F)F)cc4s3)CC2=O)cc1. The number of rotatable bonds is 5. The molecule has 1 aliphatic heterocycles. The molecule has 0 radical (unpaired) electrons. The molecule has 2 heterocycles. The first kappa shape index (κ1) is 19.8. The molecule has 1 fully saturated rings. The maximum absolute atomic E-state index is 12.7. The summed E-state index contributed by atoms with van der Waals surface area (Å²) in [7, 11) is 0. The number of benzene rings is 2. The van der Waals surface area contributed by atoms with Gasteiger partial charge in [-0.05, 0) is 37.3 Å². The number of thiazole rings is 1. The minimum Gasteiger partial charge on any atom is -0.312 e. The van der Waals surface area contributed by atoms with Crippen LogP contribution in [0.25, 0.3) is 10.2 Å². The first-order chi connectivity index (χ1) is 13.9. The normalized spacial score (nSPS) is 16.8. The predicted octanol–water partition coefficient (Wildman–Crippen LogP) is 4.91. The molecule has 1 saturated heterocycles. The molecule has 0 aliphatic carbocycles. The summed E-state index contributed by atoms with van der Waals surface area (Å²) in [6.07, 6.45) is 0.139. The van der Waals surface area contributed by atoms with Gasteiger partial charge in [0.25, 0.3) is 5.76 Å². The number of nitrogens with one attached hydrogen (secondary N) is 1. The van der Waals surface area contributed by atoms with Gasteiger partial charge in [-0.1, -0.05) is 40.8 Å². The van der Waals surface area contributed by atoms with Crippen molar-refractivity contribution in [2.24, 2.45) is 5.92 Å². The number of thioether (sulfide) groups is 1. The summed E-state index contributed by atoms with van der Waals surface area (Å²) < 4.78 is 25.8. The third-order valence-corrected chi connectivity index (χ3v) is 6.29. The van der Waals surface area contributed by atoms with Crippen molar-refractivity contribution in [3.63, 3.8) is 0 Å². The zero-order chi connectivity index (χ0) is 20.5. The van der Waals surface area contributed by atoms with Crippen LogP contribution in [0.5, 0.6) is 0 Å². The molecular formula is C20H17F2N3O2S2. The fraction of sp³-hybridized carbons (Fsp3) is 0.250. The summed E-state index contributed by atoms with van der Waals surface area (Å²) in [5.74, 6) is -3.32. The van der Waals surface area contributed by atoms with Gasteiger partial charge < -0.3 is 10.2 Å². The number of halogens is 2. The number of aromatic nitrogens is 1. The monoisotopic (exact) mass is 433 g/mol. The van der Waals surface area contributed by atoms with Crippen molar-refractivity contribution < 1.29 is 18.4 Å². The predicted molar refractivity (Wildman–Crippen MR) is 112 cm³/mol. The van der Waals surface area contributed by atoms with Crippen LogP contribution in [0.1, 0.15) is 12.0 Å². The van der Waals surface area contributed by atoms with Crippen LogP contribution in [-0.4, -0.2) is 29.1 Å². The van der Waals surface area contributed by atoms with Crippen molar-refractivity contribution >= 4 is 55.9 Å². The maximum atomic E-state index is 12.7. The molecule has 0 spiro atoms. The third kappa shape index (κ3) is 4.40. The second-order valence-corrected chi connectivity index (χ2v) is 8.85. The summed E-state index contributed by atoms with van der Waals surface area (Å²) in [5, 5.41) is 3.16. The van der Waals surface area contributed by atoms with E-state index in [1.807, 2.05) is 31.2 Å². The lowest BCUT2D eigenvalue weighted by molar-refractivity contribution is -0.122. The molecule has 0 saturated carbocycles. The molecule has 1 atom stereocenters. The van der Waals surface area contributed by atoms with E-state index in [4.69, 9.17) is 0 Å². The van der Waals surface area contributed by atoms with E-state index in [2.05, 4.69) is 10.3 Å². The number of hydrogen-bond acceptors (Lipinski definition) is 5. The highest BCUT2D eigenvalue weighted by Gasteiger charge is 2.35. The molecule has 1 aromatic heterocycles. The van der Waals surface area contributed by atoms with Gasteiger partial charge in [0.15, 0.2) is 5.13 Å². The van der Waals surface area contributed by atoms with Gasteiger partial charge in [0, 0.05) is 23.5 Å². The first-order valence-corrected chi connectivity index (χ1v) is 10.6. The number of anilines is 2. The number of aryl methyl sites for hydroxylation is 1. The highest BCUT2D eigenvalue weighted by atomic mass is 32.2. The standard InChI is InChI=1S/C20H17F2N3O2S2/c1-11-2-4-13(5-3-11)25-10-12(8-17(25)26)18(27)24-20-23-15-7-6-14(28-19(21)22)9-16(15)29-20/h2-7,9,12,19H,8,10H2,1H3,(H,23,24,27)/t12-/m1/s1. The Labute approximate surface area is 174 Å². The Morgan fingerprint density at radius 3 is 2.76 bits per heavy atom. The van der Waals surface area contributed by atoms with Crippen LogP contribution < -0.4 is 10.2 Å². The molecule has 0 bridgehead atoms. The summed E-state index contributed by atoms with van der Waals surface area (Å²) >= 11 is 1.70. The Balaban J connectivity index is 1.45. The number of alkyl halides is 2. The van der Waals surface area contributed by atoms with Crippen LogP contribution in [0.3, 0.4) is 0 Å². The van der Waals surface area contributed by atoms with Gasteiger partial charge in [-0.3, -0.25) is 9.59 Å². The topological polar surface area (TPSA) is 62.3 Å². The smallest absolute Gasteiger partial charge is 0.288 e. The Morgan fingerprint density at radius 2 is 2.03 bits per heavy atom. The minimum absolute atomic E-state index is 0.0908. The highest BCUT2D eigenvalue weighted by Crippen LogP contribution is 2.33. The van der Waals surface area contributed by atoms with Crippen molar-refractivity contribution in [1.82, 2.24) is 4.98 Å². The van der Waals surface area contributed by atoms with Gasteiger partial charge >= 0.3 is 0 Å². The number of fused-ring (bicyclic) bond motifs is 1. The second kappa shape index (κ2) is 8.08. The summed E-state index contributed by atoms with van der Waals surface area (Å²) in [5.41, 5.74) is 2.51. The number of nitrogens with zero attached hydrogens (tertiary/aromatic N) is 2. The van der Waals surface area contributed by atoms with E-state index in [0.29, 0.717) is 33.9 Å². The maximum Gasteiger partial charge on any atom is 0.288 e. The average molecular weight is 434 g/mol. The molecule has 150 valence electrons. The van der Waals surface area contributed by atoms with Crippen LogP contribution in [0.4, 0.5) is 19.6 Å². The minimum atomic E-state index is -2.49. The van der Waals surface area contributed by atoms with Gasteiger partial charge in [0.2, 0.25) is 11.8 Å². The Hall–Kier alpha value is -2.52. The van der Waals surface area contributed by atoms with Gasteiger partial charge in [0.1, 0.15) is 0 Å². The highest BCUT2D eigenvalue weighted by molar-refractivity contribution is 7.99. The van der Waals surface area contributed by atoms with E-state index in [0.717, 1.165) is 16.0 Å². The van der Waals surface area contributed by atoms with Crippen molar-refractivity contribution in [2.45, 2.75) is 24.0 Å². The van der Waals surface area contributed by atoms with Crippen molar-refractivity contribution in [3.05, 3.63) is 48.0 Å². The van der Waals surface area contributed by atoms with E-state index < -0.39 is 11.7 Å². The van der Waals surface area contributed by atoms with Crippen molar-refractivity contribution in [2.75, 3.05) is 16.8 Å². The first-order valence-electron chi connectivity index (χ1n) is 8.92.